The second-order valence-corrected chi connectivity index (χ2v) is 9.77. The summed E-state index contributed by atoms with van der Waals surface area (Å²) in [4.78, 5) is 42.2. The fourth-order valence-corrected chi connectivity index (χ4v) is 4.92. The van der Waals surface area contributed by atoms with Gasteiger partial charge in [-0.2, -0.15) is 5.01 Å². The maximum atomic E-state index is 12.9. The Morgan fingerprint density at radius 2 is 1.79 bits per heavy atom. The van der Waals surface area contributed by atoms with Crippen LogP contribution < -0.4 is 15.5 Å². The third kappa shape index (κ3) is 4.31. The Morgan fingerprint density at radius 3 is 2.52 bits per heavy atom. The van der Waals surface area contributed by atoms with E-state index in [1.807, 2.05) is 30.3 Å². The van der Waals surface area contributed by atoms with Gasteiger partial charge >= 0.3 is 6.03 Å². The fourth-order valence-electron chi connectivity index (χ4n) is 3.68. The van der Waals surface area contributed by atoms with Crippen LogP contribution in [-0.4, -0.2) is 48.7 Å². The van der Waals surface area contributed by atoms with Crippen LogP contribution in [0.2, 0.25) is 0 Å². The largest absolute Gasteiger partial charge is 0.344 e. The molecule has 2 aromatic carbocycles. The second-order valence-electron chi connectivity index (χ2n) is 8.12. The molecule has 33 heavy (non-hydrogen) atoms. The molecule has 2 aromatic rings. The van der Waals surface area contributed by atoms with Crippen LogP contribution in [0.25, 0.3) is 0 Å². The highest BCUT2D eigenvalue weighted by Gasteiger charge is 2.48. The van der Waals surface area contributed by atoms with Gasteiger partial charge in [0, 0.05) is 5.56 Å². The molecule has 2 atom stereocenters. The summed E-state index contributed by atoms with van der Waals surface area (Å²) in [6.07, 6.45) is 0.916. The average Bonchev–Trinajstić information content (AvgIpc) is 3.17. The molecule has 0 unspecified atom stereocenters. The smallest absolute Gasteiger partial charge is 0.322 e. The van der Waals surface area contributed by atoms with E-state index >= 15 is 0 Å². The van der Waals surface area contributed by atoms with Crippen LogP contribution in [0.5, 0.6) is 0 Å². The molecular formula is C22H23N5O5S. The van der Waals surface area contributed by atoms with Crippen molar-refractivity contribution in [1.29, 1.82) is 0 Å². The highest BCUT2D eigenvalue weighted by molar-refractivity contribution is 7.90. The number of hydrazine groups is 1. The highest BCUT2D eigenvalue weighted by atomic mass is 32.2. The van der Waals surface area contributed by atoms with Crippen LogP contribution >= 0.6 is 0 Å². The van der Waals surface area contributed by atoms with Crippen molar-refractivity contribution < 1.29 is 22.8 Å². The van der Waals surface area contributed by atoms with E-state index in [2.05, 4.69) is 20.5 Å². The number of benzene rings is 2. The predicted octanol–water partition coefficient (Wildman–Crippen LogP) is 1.09. The number of amides is 4. The molecule has 1 fully saturated rings. The van der Waals surface area contributed by atoms with E-state index in [-0.39, 0.29) is 10.7 Å². The first-order chi connectivity index (χ1) is 15.6. The van der Waals surface area contributed by atoms with E-state index in [0.29, 0.717) is 23.4 Å². The molecule has 2 heterocycles. The highest BCUT2D eigenvalue weighted by Crippen LogP contribution is 2.24. The summed E-state index contributed by atoms with van der Waals surface area (Å²) in [5, 5.41) is 3.29. The van der Waals surface area contributed by atoms with Gasteiger partial charge in [0.25, 0.3) is 21.8 Å². The number of urea groups is 1. The van der Waals surface area contributed by atoms with E-state index in [0.717, 1.165) is 5.56 Å². The van der Waals surface area contributed by atoms with Gasteiger partial charge in [0.15, 0.2) is 0 Å². The number of hydrogen-bond acceptors (Lipinski definition) is 6. The second kappa shape index (κ2) is 8.32. The van der Waals surface area contributed by atoms with Gasteiger partial charge < -0.3 is 5.32 Å². The van der Waals surface area contributed by atoms with E-state index in [1.165, 1.54) is 13.0 Å². The zero-order chi connectivity index (χ0) is 23.8. The number of fused-ring (bicyclic) bond motifs is 1. The quantitative estimate of drug-likeness (QED) is 0.544. The Balaban J connectivity index is 1.44. The van der Waals surface area contributed by atoms with Gasteiger partial charge in [-0.1, -0.05) is 42.5 Å². The molecular weight excluding hydrogens is 446 g/mol. The molecule has 4 amide bonds. The average molecular weight is 470 g/mol. The fraction of sp³-hybridized carbons (Fsp3) is 0.273. The number of rotatable bonds is 6. The summed E-state index contributed by atoms with van der Waals surface area (Å²) in [5.74, 6) is -1.29. The number of hydrogen-bond donors (Lipinski definition) is 3. The molecule has 0 aromatic heterocycles. The van der Waals surface area contributed by atoms with E-state index in [4.69, 9.17) is 0 Å². The summed E-state index contributed by atoms with van der Waals surface area (Å²) in [7, 11) is -3.75. The molecule has 2 aliphatic heterocycles. The van der Waals surface area contributed by atoms with Crippen LogP contribution in [0.4, 0.5) is 4.79 Å². The molecule has 0 radical (unpaired) electrons. The van der Waals surface area contributed by atoms with Crippen LogP contribution in [0.15, 0.2) is 64.5 Å². The first-order valence-corrected chi connectivity index (χ1v) is 11.8. The molecule has 3 N–H and O–H groups in total. The van der Waals surface area contributed by atoms with Gasteiger partial charge in [-0.05, 0) is 44.4 Å². The molecule has 0 saturated carbocycles. The third-order valence-corrected chi connectivity index (χ3v) is 7.00. The van der Waals surface area contributed by atoms with Crippen LogP contribution in [0.1, 0.15) is 31.4 Å². The number of imide groups is 1. The Morgan fingerprint density at radius 1 is 1.12 bits per heavy atom. The summed E-state index contributed by atoms with van der Waals surface area (Å²) in [6, 6.07) is 14.0. The first kappa shape index (κ1) is 22.5. The SMILES string of the molecule is C[C@H](N=C1NS(=O)(=O)c2ccccc21)C(=O)NN1C(=O)N[C@@](C)(CCc2ccccc2)C1=O. The maximum Gasteiger partial charge on any atom is 0.344 e. The number of amidine groups is 1. The summed E-state index contributed by atoms with van der Waals surface area (Å²) >= 11 is 0. The number of nitrogens with one attached hydrogen (secondary N) is 3. The maximum absolute atomic E-state index is 12.9. The number of carbonyl (C=O) groups excluding carboxylic acids is 3. The van der Waals surface area contributed by atoms with Gasteiger partial charge in [0.05, 0.1) is 4.90 Å². The monoisotopic (exact) mass is 469 g/mol. The normalized spacial score (nSPS) is 23.1. The van der Waals surface area contributed by atoms with E-state index < -0.39 is 39.4 Å². The lowest BCUT2D eigenvalue weighted by molar-refractivity contribution is -0.139. The Hall–Kier alpha value is -3.73. The number of aryl methyl sites for hydroxylation is 1. The zero-order valence-electron chi connectivity index (χ0n) is 18.0. The molecule has 0 aliphatic carbocycles. The van der Waals surface area contributed by atoms with Crippen molar-refractivity contribution in [3.8, 4) is 0 Å². The third-order valence-electron chi connectivity index (χ3n) is 5.60. The van der Waals surface area contributed by atoms with Gasteiger partial charge in [-0.25, -0.2) is 13.2 Å². The van der Waals surface area contributed by atoms with Crippen molar-refractivity contribution in [3.05, 3.63) is 65.7 Å². The number of nitrogens with zero attached hydrogens (tertiary/aromatic N) is 2. The minimum atomic E-state index is -3.75. The predicted molar refractivity (Wildman–Crippen MR) is 119 cm³/mol. The Labute approximate surface area is 191 Å². The van der Waals surface area contributed by atoms with Crippen LogP contribution in [0.3, 0.4) is 0 Å². The van der Waals surface area contributed by atoms with Crippen molar-refractivity contribution in [3.63, 3.8) is 0 Å². The topological polar surface area (TPSA) is 137 Å². The summed E-state index contributed by atoms with van der Waals surface area (Å²) in [6.45, 7) is 3.04. The standard InChI is InChI=1S/C22H23N5O5S/c1-14(23-18-16-10-6-7-11-17(16)33(31,32)26-18)19(28)25-27-20(29)22(2,24-21(27)30)13-12-15-8-4-3-5-9-15/h3-11,14H,12-13H2,1-2H3,(H,23,26)(H,24,30)(H,25,28)/t14-,22-/m0/s1. The first-order valence-electron chi connectivity index (χ1n) is 10.3. The minimum Gasteiger partial charge on any atom is -0.322 e. The molecule has 172 valence electrons. The van der Waals surface area contributed by atoms with Gasteiger partial charge in [-0.15, -0.1) is 0 Å². The van der Waals surface area contributed by atoms with E-state index in [9.17, 15) is 22.8 Å². The van der Waals surface area contributed by atoms with Crippen molar-refractivity contribution in [2.45, 2.75) is 43.2 Å². The zero-order valence-corrected chi connectivity index (χ0v) is 18.8. The molecule has 4 rings (SSSR count). The van der Waals surface area contributed by atoms with Crippen LogP contribution in [-0.2, 0) is 26.0 Å². The Bertz CT molecular complexity index is 1260. The molecule has 2 aliphatic rings. The summed E-state index contributed by atoms with van der Waals surface area (Å²) in [5.41, 5.74) is 2.50. The number of sulfonamides is 1. The van der Waals surface area contributed by atoms with Gasteiger partial charge in [0.1, 0.15) is 17.4 Å². The van der Waals surface area contributed by atoms with Crippen molar-refractivity contribution in [2.75, 3.05) is 0 Å². The summed E-state index contributed by atoms with van der Waals surface area (Å²) < 4.78 is 26.8. The molecule has 0 bridgehead atoms. The van der Waals surface area contributed by atoms with Crippen molar-refractivity contribution >= 4 is 33.7 Å². The van der Waals surface area contributed by atoms with Gasteiger partial charge in [0.2, 0.25) is 0 Å². The number of carbonyl (C=O) groups is 3. The van der Waals surface area contributed by atoms with Crippen LogP contribution in [0, 0.1) is 0 Å². The minimum absolute atomic E-state index is 0.0261. The Kier molecular flexibility index (Phi) is 5.66. The molecule has 1 saturated heterocycles. The van der Waals surface area contributed by atoms with Crippen molar-refractivity contribution in [1.82, 2.24) is 20.5 Å². The lowest BCUT2D eigenvalue weighted by Gasteiger charge is -2.22. The lowest BCUT2D eigenvalue weighted by Crippen LogP contribution is -2.51. The van der Waals surface area contributed by atoms with Crippen molar-refractivity contribution in [2.24, 2.45) is 4.99 Å². The van der Waals surface area contributed by atoms with Gasteiger partial charge in [-0.3, -0.25) is 24.7 Å². The molecule has 0 spiro atoms. The molecule has 11 heteroatoms. The number of aliphatic imine (C=N–C) groups is 1. The molecule has 10 nitrogen and oxygen atoms in total. The van der Waals surface area contributed by atoms with E-state index in [1.54, 1.807) is 25.1 Å². The lowest BCUT2D eigenvalue weighted by atomic mass is 9.93.